The lowest BCUT2D eigenvalue weighted by molar-refractivity contribution is 0.0252. The van der Waals surface area contributed by atoms with Crippen molar-refractivity contribution in [3.8, 4) is 12.1 Å². The lowest BCUT2D eigenvalue weighted by Crippen LogP contribution is -2.53. The summed E-state index contributed by atoms with van der Waals surface area (Å²) in [4.78, 5) is 0. The minimum absolute atomic E-state index is 0.181. The van der Waals surface area contributed by atoms with Crippen LogP contribution in [0.5, 0.6) is 0 Å². The van der Waals surface area contributed by atoms with Crippen LogP contribution in [0.2, 0.25) is 0 Å². The molecule has 0 aromatic heterocycles. The maximum absolute atomic E-state index is 10.8. The molecule has 0 radical (unpaired) electrons. The van der Waals surface area contributed by atoms with Crippen LogP contribution in [-0.4, -0.2) is 16.4 Å². The normalized spacial score (nSPS) is 25.5. The van der Waals surface area contributed by atoms with Gasteiger partial charge in [0.25, 0.3) is 0 Å². The first kappa shape index (κ1) is 18.1. The van der Waals surface area contributed by atoms with Crippen molar-refractivity contribution in [1.29, 1.82) is 15.9 Å². The molecule has 4 heteroatoms. The second-order valence-electron chi connectivity index (χ2n) is 6.93. The lowest BCUT2D eigenvalue weighted by Gasteiger charge is -2.44. The van der Waals surface area contributed by atoms with Crippen LogP contribution in [0.3, 0.4) is 0 Å². The number of nitrogens with zero attached hydrogens (tertiary/aromatic N) is 2. The Bertz CT molecular complexity index is 609. The van der Waals surface area contributed by atoms with E-state index in [4.69, 9.17) is 5.41 Å². The van der Waals surface area contributed by atoms with E-state index in [1.54, 1.807) is 0 Å². The van der Waals surface area contributed by atoms with Crippen LogP contribution < -0.4 is 0 Å². The van der Waals surface area contributed by atoms with Gasteiger partial charge in [0.15, 0.2) is 5.60 Å². The minimum atomic E-state index is -1.90. The lowest BCUT2D eigenvalue weighted by atomic mass is 9.60. The van der Waals surface area contributed by atoms with E-state index in [0.717, 1.165) is 12.0 Å². The van der Waals surface area contributed by atoms with Gasteiger partial charge in [-0.3, -0.25) is 5.41 Å². The highest BCUT2D eigenvalue weighted by Gasteiger charge is 2.52. The number of hydrogen-bond acceptors (Lipinski definition) is 4. The van der Waals surface area contributed by atoms with Crippen molar-refractivity contribution in [2.75, 3.05) is 0 Å². The molecule has 118 valence electrons. The highest BCUT2D eigenvalue weighted by molar-refractivity contribution is 6.10. The third-order valence-electron chi connectivity index (χ3n) is 4.63. The fourth-order valence-corrected chi connectivity index (χ4v) is 3.08. The van der Waals surface area contributed by atoms with E-state index in [2.05, 4.69) is 6.08 Å². The first-order valence-electron chi connectivity index (χ1n) is 7.62. The molecule has 22 heavy (non-hydrogen) atoms. The summed E-state index contributed by atoms with van der Waals surface area (Å²) in [6.07, 6.45) is 3.95. The van der Waals surface area contributed by atoms with Crippen LogP contribution in [0.15, 0.2) is 22.8 Å². The molecule has 2 atom stereocenters. The fourth-order valence-electron chi connectivity index (χ4n) is 3.08. The summed E-state index contributed by atoms with van der Waals surface area (Å²) in [5.74, 6) is -0.403. The summed E-state index contributed by atoms with van der Waals surface area (Å²) in [5, 5.41) is 37.8. The van der Waals surface area contributed by atoms with Gasteiger partial charge in [-0.15, -0.1) is 0 Å². The van der Waals surface area contributed by atoms with Crippen LogP contribution in [0, 0.1) is 39.4 Å². The zero-order chi connectivity index (χ0) is 17.1. The molecule has 0 aliphatic heterocycles. The van der Waals surface area contributed by atoms with Gasteiger partial charge in [-0.2, -0.15) is 10.5 Å². The first-order valence-corrected chi connectivity index (χ1v) is 7.62. The van der Waals surface area contributed by atoms with Gasteiger partial charge in [0, 0.05) is 5.92 Å². The Morgan fingerprint density at radius 1 is 1.45 bits per heavy atom. The molecular weight excluding hydrogens is 274 g/mol. The van der Waals surface area contributed by atoms with Crippen molar-refractivity contribution >= 4 is 5.71 Å². The Hall–Kier alpha value is -1.91. The van der Waals surface area contributed by atoms with E-state index < -0.39 is 11.5 Å². The molecule has 0 bridgehead atoms. The van der Waals surface area contributed by atoms with E-state index >= 15 is 0 Å². The summed E-state index contributed by atoms with van der Waals surface area (Å²) in [6.45, 7) is 9.99. The molecular formula is C18H25N3O. The Morgan fingerprint density at radius 2 is 2.05 bits per heavy atom. The summed E-state index contributed by atoms with van der Waals surface area (Å²) in [7, 11) is 0. The van der Waals surface area contributed by atoms with E-state index in [9.17, 15) is 15.6 Å². The molecule has 0 heterocycles. The van der Waals surface area contributed by atoms with Crippen molar-refractivity contribution in [3.05, 3.63) is 22.8 Å². The maximum atomic E-state index is 10.8. The smallest absolute Gasteiger partial charge is 0.198 e. The molecule has 1 rings (SSSR count). The van der Waals surface area contributed by atoms with Crippen LogP contribution in [-0.2, 0) is 0 Å². The molecule has 2 unspecified atom stereocenters. The number of rotatable bonds is 4. The zero-order valence-corrected chi connectivity index (χ0v) is 14.1. The zero-order valence-electron chi connectivity index (χ0n) is 14.1. The van der Waals surface area contributed by atoms with Crippen molar-refractivity contribution < 1.29 is 5.11 Å². The van der Waals surface area contributed by atoms with Gasteiger partial charge in [-0.25, -0.2) is 0 Å². The number of aliphatic hydroxyl groups is 1. The van der Waals surface area contributed by atoms with Crippen molar-refractivity contribution in [3.63, 3.8) is 0 Å². The SMILES string of the molecule is CCC1=C(C#N)C(=N)C(O)(C#N)C(C(C)(C)CC=C(C)C)C1. The summed E-state index contributed by atoms with van der Waals surface area (Å²) in [6, 6.07) is 3.91. The average Bonchev–Trinajstić information content (AvgIpc) is 2.47. The second-order valence-corrected chi connectivity index (χ2v) is 6.93. The second kappa shape index (κ2) is 6.46. The Labute approximate surface area is 133 Å². The van der Waals surface area contributed by atoms with Gasteiger partial charge in [0.1, 0.15) is 12.1 Å². The van der Waals surface area contributed by atoms with Crippen molar-refractivity contribution in [2.24, 2.45) is 11.3 Å². The predicted molar refractivity (Wildman–Crippen MR) is 87.2 cm³/mol. The molecule has 0 saturated carbocycles. The Balaban J connectivity index is 3.39. The molecule has 1 aliphatic carbocycles. The Morgan fingerprint density at radius 3 is 2.45 bits per heavy atom. The molecule has 0 aromatic rings. The van der Waals surface area contributed by atoms with Crippen LogP contribution in [0.1, 0.15) is 53.9 Å². The van der Waals surface area contributed by atoms with Gasteiger partial charge in [0.05, 0.1) is 11.3 Å². The highest BCUT2D eigenvalue weighted by Crippen LogP contribution is 2.47. The maximum Gasteiger partial charge on any atom is 0.198 e. The van der Waals surface area contributed by atoms with Crippen LogP contribution in [0.4, 0.5) is 0 Å². The van der Waals surface area contributed by atoms with Gasteiger partial charge in [0.2, 0.25) is 0 Å². The predicted octanol–water partition coefficient (Wildman–Crippen LogP) is 3.89. The molecule has 4 nitrogen and oxygen atoms in total. The molecule has 0 spiro atoms. The quantitative estimate of drug-likeness (QED) is 0.609. The van der Waals surface area contributed by atoms with Gasteiger partial charge < -0.3 is 5.11 Å². The van der Waals surface area contributed by atoms with Crippen LogP contribution in [0.25, 0.3) is 0 Å². The highest BCUT2D eigenvalue weighted by atomic mass is 16.3. The number of nitrogens with one attached hydrogen (secondary N) is 1. The van der Waals surface area contributed by atoms with Gasteiger partial charge >= 0.3 is 0 Å². The first-order chi connectivity index (χ1) is 10.1. The van der Waals surface area contributed by atoms with E-state index in [0.29, 0.717) is 12.8 Å². The molecule has 0 amide bonds. The number of hydrogen-bond donors (Lipinski definition) is 2. The number of allylic oxidation sites excluding steroid dienone is 3. The third-order valence-corrected chi connectivity index (χ3v) is 4.63. The summed E-state index contributed by atoms with van der Waals surface area (Å²) >= 11 is 0. The monoisotopic (exact) mass is 299 g/mol. The van der Waals surface area contributed by atoms with E-state index in [-0.39, 0.29) is 16.7 Å². The molecule has 1 aliphatic rings. The largest absolute Gasteiger partial charge is 0.370 e. The summed E-state index contributed by atoms with van der Waals surface area (Å²) < 4.78 is 0. The van der Waals surface area contributed by atoms with Crippen LogP contribution >= 0.6 is 0 Å². The van der Waals surface area contributed by atoms with Gasteiger partial charge in [-0.05, 0) is 38.5 Å². The van der Waals surface area contributed by atoms with E-state index in [1.807, 2.05) is 46.8 Å². The molecule has 0 saturated heterocycles. The molecule has 0 fully saturated rings. The van der Waals surface area contributed by atoms with Crippen molar-refractivity contribution in [1.82, 2.24) is 0 Å². The Kier molecular flexibility index (Phi) is 5.33. The summed E-state index contributed by atoms with van der Waals surface area (Å²) in [5.41, 5.74) is -0.263. The standard InChI is InChI=1S/C18H25N3O/c1-6-13-9-15(17(4,5)8-7-12(2)3)18(22,11-20)16(21)14(13)10-19/h7,15,21-22H,6,8-9H2,1-5H3. The topological polar surface area (TPSA) is 91.7 Å². The molecule has 0 aromatic carbocycles. The average molecular weight is 299 g/mol. The fraction of sp³-hybridized carbons (Fsp3) is 0.611. The minimum Gasteiger partial charge on any atom is -0.370 e. The number of nitriles is 2. The van der Waals surface area contributed by atoms with Gasteiger partial charge in [-0.1, -0.05) is 38.0 Å². The van der Waals surface area contributed by atoms with Crippen molar-refractivity contribution in [2.45, 2.75) is 59.5 Å². The van der Waals surface area contributed by atoms with E-state index in [1.165, 1.54) is 5.57 Å². The third kappa shape index (κ3) is 3.13. The molecule has 2 N–H and O–H groups in total.